The Hall–Kier alpha value is -4.27. The van der Waals surface area contributed by atoms with Crippen molar-refractivity contribution in [3.63, 3.8) is 0 Å². The van der Waals surface area contributed by atoms with Crippen LogP contribution >= 0.6 is 0 Å². The largest absolute Gasteiger partial charge is 0.494 e. The Bertz CT molecular complexity index is 1690. The van der Waals surface area contributed by atoms with E-state index in [4.69, 9.17) is 18.9 Å². The van der Waals surface area contributed by atoms with Gasteiger partial charge in [-0.25, -0.2) is 0 Å². The molecule has 4 nitrogen and oxygen atoms in total. The van der Waals surface area contributed by atoms with E-state index in [1.807, 2.05) is 12.1 Å². The highest BCUT2D eigenvalue weighted by molar-refractivity contribution is 6.91. The molecule has 5 aromatic carbocycles. The summed E-state index contributed by atoms with van der Waals surface area (Å²) in [6.07, 6.45) is 5.62. The first-order valence-corrected chi connectivity index (χ1v) is 23.5. The van der Waals surface area contributed by atoms with Crippen LogP contribution in [0.1, 0.15) is 12.8 Å². The van der Waals surface area contributed by atoms with Gasteiger partial charge >= 0.3 is 0 Å². The van der Waals surface area contributed by atoms with Gasteiger partial charge in [0, 0.05) is 0 Å². The Morgan fingerprint density at radius 2 is 0.771 bits per heavy atom. The second-order valence-electron chi connectivity index (χ2n) is 13.8. The van der Waals surface area contributed by atoms with Crippen LogP contribution in [-0.4, -0.2) is 42.6 Å². The quantitative estimate of drug-likeness (QED) is 0.0527. The monoisotopic (exact) mass is 674 g/mol. The smallest absolute Gasteiger partial charge is 0.120 e. The molecule has 0 atom stereocenters. The Balaban J connectivity index is 1.06. The minimum Gasteiger partial charge on any atom is -0.494 e. The molecule has 0 spiro atoms. The van der Waals surface area contributed by atoms with Crippen LogP contribution in [0.3, 0.4) is 0 Å². The van der Waals surface area contributed by atoms with E-state index in [1.54, 1.807) is 12.2 Å². The van der Waals surface area contributed by atoms with Gasteiger partial charge in [-0.15, -0.1) is 0 Å². The highest BCUT2D eigenvalue weighted by Gasteiger charge is 2.26. The Morgan fingerprint density at radius 1 is 0.458 bits per heavy atom. The van der Waals surface area contributed by atoms with E-state index < -0.39 is 16.1 Å². The molecular weight excluding hydrogens is 625 g/mol. The van der Waals surface area contributed by atoms with Crippen molar-refractivity contribution in [3.05, 3.63) is 122 Å². The van der Waals surface area contributed by atoms with Gasteiger partial charge in [-0.1, -0.05) is 122 Å². The number of benzene rings is 5. The molecule has 0 saturated carbocycles. The third-order valence-corrected chi connectivity index (χ3v) is 16.2. The second kappa shape index (κ2) is 16.2. The normalized spacial score (nSPS) is 11.8. The number of hydrogen-bond acceptors (Lipinski definition) is 4. The summed E-state index contributed by atoms with van der Waals surface area (Å²) in [5.41, 5.74) is 0. The summed E-state index contributed by atoms with van der Waals surface area (Å²) in [4.78, 5) is 0. The van der Waals surface area contributed by atoms with Crippen LogP contribution < -0.4 is 29.3 Å². The van der Waals surface area contributed by atoms with Crippen LogP contribution in [-0.2, 0) is 0 Å². The molecule has 6 heteroatoms. The fourth-order valence-corrected chi connectivity index (χ4v) is 10.9. The third-order valence-electron chi connectivity index (χ3n) is 9.18. The van der Waals surface area contributed by atoms with Gasteiger partial charge in [0.1, 0.15) is 36.2 Å². The highest BCUT2D eigenvalue weighted by atomic mass is 28.3. The summed E-state index contributed by atoms with van der Waals surface area (Å²) in [6.45, 7) is 19.8. The molecule has 0 radical (unpaired) electrons. The van der Waals surface area contributed by atoms with E-state index in [-0.39, 0.29) is 0 Å². The zero-order chi connectivity index (χ0) is 34.0. The first-order chi connectivity index (χ1) is 23.2. The molecule has 0 amide bonds. The van der Waals surface area contributed by atoms with Gasteiger partial charge in [0.05, 0.1) is 29.4 Å². The van der Waals surface area contributed by atoms with E-state index in [1.165, 1.54) is 22.5 Å². The van der Waals surface area contributed by atoms with E-state index in [9.17, 15) is 0 Å². The average Bonchev–Trinajstić information content (AvgIpc) is 3.10. The Kier molecular flexibility index (Phi) is 11.8. The first-order valence-electron chi connectivity index (χ1n) is 17.1. The molecule has 0 fully saturated rings. The standard InChI is InChI=1S/C42H50O4Si2/c1-7-23-43-37-15-11-35-31-39(17-13-33(35)29-37)45-25-9-27-47(3,4)41-19-21-42(22-20-41)48(5,6)28-10-26-46-40-18-14-34-30-38(44-24-8-2)16-12-36(34)32-40/h7-8,11-22,29-32H,1-2,9-10,23-28H2,3-6H3. The van der Waals surface area contributed by atoms with Crippen molar-refractivity contribution in [2.24, 2.45) is 0 Å². The molecule has 0 aliphatic rings. The molecule has 250 valence electrons. The summed E-state index contributed by atoms with van der Waals surface area (Å²) in [5, 5.41) is 7.65. The summed E-state index contributed by atoms with van der Waals surface area (Å²) in [5.74, 6) is 3.56. The fraction of sp³-hybridized carbons (Fsp3) is 0.286. The molecule has 0 unspecified atom stereocenters. The Morgan fingerprint density at radius 3 is 1.08 bits per heavy atom. The minimum absolute atomic E-state index is 0.510. The molecular formula is C42H50O4Si2. The van der Waals surface area contributed by atoms with Crippen molar-refractivity contribution in [2.75, 3.05) is 26.4 Å². The SMILES string of the molecule is C=CCOc1ccc2cc(OCCC[Si](C)(C)c3ccc([Si](C)(C)CCCOc4ccc5cc(OCC=C)ccc5c4)cc3)ccc2c1. The lowest BCUT2D eigenvalue weighted by molar-refractivity contribution is 0.317. The second-order valence-corrected chi connectivity index (χ2v) is 23.5. The van der Waals surface area contributed by atoms with E-state index in [2.05, 4.69) is 124 Å². The van der Waals surface area contributed by atoms with Gasteiger partial charge in [-0.2, -0.15) is 0 Å². The van der Waals surface area contributed by atoms with Crippen molar-refractivity contribution in [1.82, 2.24) is 0 Å². The van der Waals surface area contributed by atoms with E-state index in [0.29, 0.717) is 13.2 Å². The summed E-state index contributed by atoms with van der Waals surface area (Å²) in [7, 11) is -3.15. The average molecular weight is 675 g/mol. The zero-order valence-corrected chi connectivity index (χ0v) is 31.1. The predicted octanol–water partition coefficient (Wildman–Crippen LogP) is 9.89. The van der Waals surface area contributed by atoms with Crippen LogP contribution in [0.25, 0.3) is 21.5 Å². The lowest BCUT2D eigenvalue weighted by Crippen LogP contribution is -2.45. The molecule has 0 heterocycles. The van der Waals surface area contributed by atoms with Crippen LogP contribution in [0.2, 0.25) is 38.3 Å². The minimum atomic E-state index is -1.57. The zero-order valence-electron chi connectivity index (χ0n) is 29.1. The maximum Gasteiger partial charge on any atom is 0.120 e. The summed E-state index contributed by atoms with van der Waals surface area (Å²) >= 11 is 0. The maximum absolute atomic E-state index is 6.18. The molecule has 5 rings (SSSR count). The maximum atomic E-state index is 6.18. The fourth-order valence-electron chi connectivity index (χ4n) is 6.14. The Labute approximate surface area is 289 Å². The van der Waals surface area contributed by atoms with Crippen molar-refractivity contribution in [1.29, 1.82) is 0 Å². The topological polar surface area (TPSA) is 36.9 Å². The van der Waals surface area contributed by atoms with Crippen LogP contribution in [0.15, 0.2) is 122 Å². The number of fused-ring (bicyclic) bond motifs is 2. The molecule has 0 aliphatic heterocycles. The van der Waals surface area contributed by atoms with Crippen molar-refractivity contribution >= 4 is 48.1 Å². The molecule has 0 saturated heterocycles. The molecule has 0 N–H and O–H groups in total. The molecule has 0 aromatic heterocycles. The first kappa shape index (κ1) is 35.1. The number of rotatable bonds is 18. The summed E-state index contributed by atoms with van der Waals surface area (Å²) < 4.78 is 23.7. The lowest BCUT2D eigenvalue weighted by atomic mass is 10.1. The lowest BCUT2D eigenvalue weighted by Gasteiger charge is -2.26. The van der Waals surface area contributed by atoms with E-state index >= 15 is 0 Å². The van der Waals surface area contributed by atoms with Crippen molar-refractivity contribution in [3.8, 4) is 23.0 Å². The number of hydrogen-bond donors (Lipinski definition) is 0. The van der Waals surface area contributed by atoms with Gasteiger partial charge < -0.3 is 18.9 Å². The van der Waals surface area contributed by atoms with Crippen molar-refractivity contribution in [2.45, 2.75) is 51.1 Å². The van der Waals surface area contributed by atoms with Crippen molar-refractivity contribution < 1.29 is 18.9 Å². The van der Waals surface area contributed by atoms with E-state index in [0.717, 1.165) is 70.6 Å². The highest BCUT2D eigenvalue weighted by Crippen LogP contribution is 2.27. The van der Waals surface area contributed by atoms with Crippen LogP contribution in [0, 0.1) is 0 Å². The predicted molar refractivity (Wildman–Crippen MR) is 210 cm³/mol. The molecule has 5 aromatic rings. The molecule has 48 heavy (non-hydrogen) atoms. The molecule has 0 aliphatic carbocycles. The van der Waals surface area contributed by atoms with Gasteiger partial charge in [-0.05, 0) is 82.9 Å². The number of ether oxygens (including phenoxy) is 4. The van der Waals surface area contributed by atoms with Crippen LogP contribution in [0.5, 0.6) is 23.0 Å². The third kappa shape index (κ3) is 9.42. The van der Waals surface area contributed by atoms with Crippen LogP contribution in [0.4, 0.5) is 0 Å². The van der Waals surface area contributed by atoms with Gasteiger partial charge in [0.15, 0.2) is 0 Å². The summed E-state index contributed by atoms with van der Waals surface area (Å²) in [6, 6.07) is 36.9. The van der Waals surface area contributed by atoms with Gasteiger partial charge in [0.2, 0.25) is 0 Å². The van der Waals surface area contributed by atoms with Gasteiger partial charge in [-0.3, -0.25) is 0 Å². The molecule has 0 bridgehead atoms. The van der Waals surface area contributed by atoms with Gasteiger partial charge in [0.25, 0.3) is 0 Å².